The lowest BCUT2D eigenvalue weighted by Gasteiger charge is -2.08. The third kappa shape index (κ3) is 3.85. The summed E-state index contributed by atoms with van der Waals surface area (Å²) >= 11 is 0. The Balaban J connectivity index is 1.51. The maximum Gasteiger partial charge on any atom is 0.255 e. The SMILES string of the molecule is Cn1c(-c2nc(-c3ccc(O)cc3)cnc2N)nc2cc(NC(=O)c3ccccc3)ccc21. The number of imidazole rings is 1. The number of fused-ring (bicyclic) bond motifs is 1. The number of amides is 1. The van der Waals surface area contributed by atoms with Crippen LogP contribution in [0.3, 0.4) is 0 Å². The molecule has 162 valence electrons. The molecule has 0 saturated carbocycles. The van der Waals surface area contributed by atoms with E-state index >= 15 is 0 Å². The molecule has 0 bridgehead atoms. The van der Waals surface area contributed by atoms with Gasteiger partial charge >= 0.3 is 0 Å². The lowest BCUT2D eigenvalue weighted by atomic mass is 10.1. The third-order valence-corrected chi connectivity index (χ3v) is 5.35. The number of phenolic OH excluding ortho intramolecular Hbond substituents is 1. The van der Waals surface area contributed by atoms with Gasteiger partial charge in [0.15, 0.2) is 11.6 Å². The molecule has 0 aliphatic heterocycles. The van der Waals surface area contributed by atoms with Gasteiger partial charge in [0.2, 0.25) is 0 Å². The molecule has 2 heterocycles. The number of nitrogens with zero attached hydrogens (tertiary/aromatic N) is 4. The number of nitrogen functional groups attached to an aromatic ring is 1. The highest BCUT2D eigenvalue weighted by Crippen LogP contribution is 2.29. The molecule has 3 aromatic carbocycles. The molecule has 8 nitrogen and oxygen atoms in total. The molecule has 0 saturated heterocycles. The fraction of sp³-hybridized carbons (Fsp3) is 0.0400. The van der Waals surface area contributed by atoms with Crippen molar-refractivity contribution in [1.29, 1.82) is 0 Å². The van der Waals surface area contributed by atoms with Gasteiger partial charge in [0.1, 0.15) is 11.4 Å². The van der Waals surface area contributed by atoms with E-state index in [1.165, 1.54) is 0 Å². The quantitative estimate of drug-likeness (QED) is 0.388. The zero-order chi connectivity index (χ0) is 22.9. The Morgan fingerprint density at radius 3 is 2.52 bits per heavy atom. The molecule has 2 aromatic heterocycles. The van der Waals surface area contributed by atoms with Crippen LogP contribution in [0.15, 0.2) is 79.0 Å². The Morgan fingerprint density at radius 1 is 1.00 bits per heavy atom. The predicted molar refractivity (Wildman–Crippen MR) is 128 cm³/mol. The summed E-state index contributed by atoms with van der Waals surface area (Å²) in [5.74, 6) is 0.798. The van der Waals surface area contributed by atoms with Gasteiger partial charge in [0.25, 0.3) is 5.91 Å². The van der Waals surface area contributed by atoms with Gasteiger partial charge in [-0.1, -0.05) is 18.2 Å². The number of nitrogens with two attached hydrogens (primary N) is 1. The Hall–Kier alpha value is -4.72. The van der Waals surface area contributed by atoms with Crippen LogP contribution in [-0.4, -0.2) is 30.5 Å². The Kier molecular flexibility index (Phi) is 4.95. The van der Waals surface area contributed by atoms with E-state index in [0.717, 1.165) is 11.1 Å². The number of hydrogen-bond donors (Lipinski definition) is 3. The van der Waals surface area contributed by atoms with Crippen LogP contribution < -0.4 is 11.1 Å². The summed E-state index contributed by atoms with van der Waals surface area (Å²) in [7, 11) is 1.88. The van der Waals surface area contributed by atoms with Crippen molar-refractivity contribution in [3.05, 3.63) is 84.6 Å². The first-order chi connectivity index (χ1) is 16.0. The highest BCUT2D eigenvalue weighted by atomic mass is 16.3. The van der Waals surface area contributed by atoms with Crippen LogP contribution in [0.1, 0.15) is 10.4 Å². The highest BCUT2D eigenvalue weighted by Gasteiger charge is 2.17. The number of anilines is 2. The molecule has 5 aromatic rings. The smallest absolute Gasteiger partial charge is 0.255 e. The third-order valence-electron chi connectivity index (χ3n) is 5.35. The first-order valence-corrected chi connectivity index (χ1v) is 10.2. The Bertz CT molecular complexity index is 1480. The van der Waals surface area contributed by atoms with Crippen molar-refractivity contribution >= 4 is 28.4 Å². The minimum atomic E-state index is -0.192. The molecule has 8 heteroatoms. The number of phenols is 1. The first kappa shape index (κ1) is 20.2. The van der Waals surface area contributed by atoms with E-state index in [1.807, 2.05) is 48.0 Å². The van der Waals surface area contributed by atoms with Crippen LogP contribution in [-0.2, 0) is 7.05 Å². The molecule has 0 unspecified atom stereocenters. The van der Waals surface area contributed by atoms with Crippen LogP contribution in [0.2, 0.25) is 0 Å². The number of carbonyl (C=O) groups is 1. The van der Waals surface area contributed by atoms with Crippen molar-refractivity contribution in [2.45, 2.75) is 0 Å². The van der Waals surface area contributed by atoms with Crippen LogP contribution in [0.25, 0.3) is 33.8 Å². The maximum absolute atomic E-state index is 12.5. The normalized spacial score (nSPS) is 10.9. The molecule has 1 amide bonds. The zero-order valence-electron chi connectivity index (χ0n) is 17.7. The van der Waals surface area contributed by atoms with Crippen LogP contribution in [0, 0.1) is 0 Å². The van der Waals surface area contributed by atoms with Gasteiger partial charge in [0.05, 0.1) is 22.9 Å². The summed E-state index contributed by atoms with van der Waals surface area (Å²) in [4.78, 5) is 26.2. The monoisotopic (exact) mass is 436 g/mol. The highest BCUT2D eigenvalue weighted by molar-refractivity contribution is 6.05. The fourth-order valence-electron chi connectivity index (χ4n) is 3.62. The van der Waals surface area contributed by atoms with Crippen molar-refractivity contribution in [3.8, 4) is 28.5 Å². The second-order valence-corrected chi connectivity index (χ2v) is 7.55. The van der Waals surface area contributed by atoms with E-state index in [1.54, 1.807) is 42.6 Å². The molecule has 0 radical (unpaired) electrons. The number of hydrogen-bond acceptors (Lipinski definition) is 6. The van der Waals surface area contributed by atoms with E-state index in [0.29, 0.717) is 34.0 Å². The van der Waals surface area contributed by atoms with E-state index in [2.05, 4.69) is 15.3 Å². The standard InChI is InChI=1S/C25H20N6O2/c1-31-21-12-9-17(28-25(33)16-5-3-2-4-6-16)13-19(21)30-24(31)22-23(26)27-14-20(29-22)15-7-10-18(32)11-8-15/h2-14,32H,1H3,(H2,26,27)(H,28,33). The lowest BCUT2D eigenvalue weighted by Crippen LogP contribution is -2.11. The molecule has 0 aliphatic rings. The number of benzene rings is 3. The number of nitrogens with one attached hydrogen (secondary N) is 1. The summed E-state index contributed by atoms with van der Waals surface area (Å²) in [5, 5.41) is 12.4. The van der Waals surface area contributed by atoms with Crippen molar-refractivity contribution in [1.82, 2.24) is 19.5 Å². The van der Waals surface area contributed by atoms with E-state index in [4.69, 9.17) is 10.7 Å². The van der Waals surface area contributed by atoms with Gasteiger partial charge in [-0.05, 0) is 54.6 Å². The Morgan fingerprint density at radius 2 is 1.76 bits per heavy atom. The average molecular weight is 436 g/mol. The van der Waals surface area contributed by atoms with Crippen molar-refractivity contribution < 1.29 is 9.90 Å². The van der Waals surface area contributed by atoms with Gasteiger partial charge in [-0.15, -0.1) is 0 Å². The van der Waals surface area contributed by atoms with Crippen molar-refractivity contribution in [2.24, 2.45) is 7.05 Å². The second kappa shape index (κ2) is 8.08. The number of aryl methyl sites for hydroxylation is 1. The predicted octanol–water partition coefficient (Wildman–Crippen LogP) is 4.24. The molecular formula is C25H20N6O2. The fourth-order valence-corrected chi connectivity index (χ4v) is 3.62. The number of carbonyl (C=O) groups excluding carboxylic acids is 1. The van der Waals surface area contributed by atoms with Crippen LogP contribution in [0.5, 0.6) is 5.75 Å². The minimum Gasteiger partial charge on any atom is -0.508 e. The summed E-state index contributed by atoms with van der Waals surface area (Å²) in [6.45, 7) is 0. The largest absolute Gasteiger partial charge is 0.508 e. The van der Waals surface area contributed by atoms with Crippen molar-refractivity contribution in [3.63, 3.8) is 0 Å². The summed E-state index contributed by atoms with van der Waals surface area (Å²) in [6, 6.07) is 21.3. The lowest BCUT2D eigenvalue weighted by molar-refractivity contribution is 0.102. The van der Waals surface area contributed by atoms with E-state index < -0.39 is 0 Å². The van der Waals surface area contributed by atoms with Crippen LogP contribution in [0.4, 0.5) is 11.5 Å². The van der Waals surface area contributed by atoms with E-state index in [-0.39, 0.29) is 17.5 Å². The number of aromatic nitrogens is 4. The maximum atomic E-state index is 12.5. The molecule has 0 fully saturated rings. The molecule has 4 N–H and O–H groups in total. The molecule has 33 heavy (non-hydrogen) atoms. The van der Waals surface area contributed by atoms with Gasteiger partial charge in [-0.25, -0.2) is 15.0 Å². The summed E-state index contributed by atoms with van der Waals surface area (Å²) < 4.78 is 1.89. The molecular weight excluding hydrogens is 416 g/mol. The second-order valence-electron chi connectivity index (χ2n) is 7.55. The average Bonchev–Trinajstić information content (AvgIpc) is 3.16. The zero-order valence-corrected chi connectivity index (χ0v) is 17.7. The first-order valence-electron chi connectivity index (χ1n) is 10.2. The molecule has 5 rings (SSSR count). The van der Waals surface area contributed by atoms with Gasteiger partial charge in [0, 0.05) is 23.9 Å². The topological polar surface area (TPSA) is 119 Å². The van der Waals surface area contributed by atoms with Crippen molar-refractivity contribution in [2.75, 3.05) is 11.1 Å². The number of aromatic hydroxyl groups is 1. The van der Waals surface area contributed by atoms with Gasteiger partial charge in [-0.2, -0.15) is 0 Å². The van der Waals surface area contributed by atoms with Crippen LogP contribution >= 0.6 is 0 Å². The Labute approximate surface area is 189 Å². The minimum absolute atomic E-state index is 0.174. The molecule has 0 atom stereocenters. The summed E-state index contributed by atoms with van der Waals surface area (Å²) in [5.41, 5.74) is 10.8. The van der Waals surface area contributed by atoms with Gasteiger partial charge < -0.3 is 20.7 Å². The number of rotatable bonds is 4. The van der Waals surface area contributed by atoms with E-state index in [9.17, 15) is 9.90 Å². The molecule has 0 aliphatic carbocycles. The summed E-state index contributed by atoms with van der Waals surface area (Å²) in [6.07, 6.45) is 1.59. The molecule has 0 spiro atoms. The van der Waals surface area contributed by atoms with Gasteiger partial charge in [-0.3, -0.25) is 4.79 Å².